The van der Waals surface area contributed by atoms with Crippen LogP contribution in [0, 0.1) is 0 Å². The van der Waals surface area contributed by atoms with Crippen LogP contribution in [-0.2, 0) is 21.1 Å². The topological polar surface area (TPSA) is 115 Å². The molecule has 9 heteroatoms. The molecule has 0 spiro atoms. The van der Waals surface area contributed by atoms with E-state index in [0.717, 1.165) is 0 Å². The van der Waals surface area contributed by atoms with E-state index in [2.05, 4.69) is 0 Å². The molecular weight excluding hydrogens is 364 g/mol. The summed E-state index contributed by atoms with van der Waals surface area (Å²) in [6.45, 7) is 0. The summed E-state index contributed by atoms with van der Waals surface area (Å²) in [6, 6.07) is 0. The van der Waals surface area contributed by atoms with Crippen LogP contribution >= 0.6 is 0 Å². The molecule has 0 rings (SSSR count). The Morgan fingerprint density at radius 3 is 0.778 bits per heavy atom. The molecule has 6 nitrogen and oxygen atoms in total. The Morgan fingerprint density at radius 1 is 0.778 bits per heavy atom. The first-order valence-corrected chi connectivity index (χ1v) is 7.54. The van der Waals surface area contributed by atoms with Gasteiger partial charge in [0.15, 0.2) is 0 Å². The first-order valence-electron chi connectivity index (χ1n) is 0.921. The molecule has 0 saturated heterocycles. The van der Waals surface area contributed by atoms with Crippen molar-refractivity contribution in [3.63, 3.8) is 0 Å². The van der Waals surface area contributed by atoms with E-state index in [1.165, 1.54) is 0 Å². The van der Waals surface area contributed by atoms with E-state index in [0.29, 0.717) is 0 Å². The van der Waals surface area contributed by atoms with Crippen LogP contribution in [0.15, 0.2) is 0 Å². The summed E-state index contributed by atoms with van der Waals surface area (Å²) in [4.78, 5) is 0. The Kier molecular flexibility index (Phi) is 7.30. The summed E-state index contributed by atoms with van der Waals surface area (Å²) < 4.78 is 47.0. The van der Waals surface area contributed by atoms with Crippen molar-refractivity contribution in [2.75, 3.05) is 0 Å². The van der Waals surface area contributed by atoms with Gasteiger partial charge in [-0.15, -0.1) is 0 Å². The summed E-state index contributed by atoms with van der Waals surface area (Å²) in [7, 11) is 0. The zero-order valence-corrected chi connectivity index (χ0v) is 13.7. The molecule has 0 aromatic heterocycles. The van der Waals surface area contributed by atoms with E-state index in [9.17, 15) is 0 Å². The number of rotatable bonds is 0. The zero-order chi connectivity index (χ0) is 6.41. The van der Waals surface area contributed by atoms with Gasteiger partial charge in [-0.25, -0.2) is 0 Å². The van der Waals surface area contributed by atoms with Crippen molar-refractivity contribution in [2.45, 2.75) is 0 Å². The average Bonchev–Trinajstić information content (AvgIpc) is 0.592. The third kappa shape index (κ3) is 88.4. The van der Waals surface area contributed by atoms with Gasteiger partial charge in [-0.05, 0) is 0 Å². The zero-order valence-electron chi connectivity index (χ0n) is 4.96. The Labute approximate surface area is 135 Å². The van der Waals surface area contributed by atoms with Gasteiger partial charge in [0.2, 0.25) is 0 Å². The summed E-state index contributed by atoms with van der Waals surface area (Å²) in [6.07, 6.45) is 0. The van der Waals surface area contributed by atoms with E-state index in [-0.39, 0.29) is 103 Å². The number of hydrogen-bond donors (Lipinski definition) is 4. The summed E-state index contributed by atoms with van der Waals surface area (Å²) in [5.41, 5.74) is 0. The molecule has 0 bridgehead atoms. The Morgan fingerprint density at radius 2 is 0.778 bits per heavy atom. The Hall–Kier alpha value is 3.35. The predicted octanol–water partition coefficient (Wildman–Crippen LogP) is -8.46. The van der Waals surface area contributed by atoms with E-state index in [1.807, 2.05) is 0 Å². The molecule has 0 aliphatic heterocycles. The van der Waals surface area contributed by atoms with Gasteiger partial charge < -0.3 is 0 Å². The molecule has 50 valence electrons. The summed E-state index contributed by atoms with van der Waals surface area (Å²) in [5.74, 6) is 0. The van der Waals surface area contributed by atoms with Crippen molar-refractivity contribution in [2.24, 2.45) is 0 Å². The van der Waals surface area contributed by atoms with Crippen molar-refractivity contribution in [3.05, 3.63) is 0 Å². The first kappa shape index (κ1) is 18.2. The molecule has 0 aromatic rings. The van der Waals surface area contributed by atoms with Gasteiger partial charge in [0.1, 0.15) is 0 Å². The minimum atomic E-state index is -8.71. The average molecular weight is 368 g/mol. The van der Waals surface area contributed by atoms with Crippen LogP contribution in [0.25, 0.3) is 0 Å². The third-order valence-corrected chi connectivity index (χ3v) is 0. The molecule has 0 fully saturated rings. The molecule has 0 aliphatic rings. The Bertz CT molecular complexity index is 191. The van der Waals surface area contributed by atoms with Gasteiger partial charge in [0.05, 0.1) is 0 Å². The van der Waals surface area contributed by atoms with Crippen LogP contribution in [0.1, 0.15) is 0 Å². The van der Waals surface area contributed by atoms with Crippen molar-refractivity contribution in [1.82, 2.24) is 0 Å². The van der Waals surface area contributed by atoms with E-state index >= 15 is 0 Å². The molecule has 4 N–H and O–H groups in total. The fourth-order valence-corrected chi connectivity index (χ4v) is 0. The predicted molar refractivity (Wildman–Crippen MR) is 10.2 cm³/mol. The molecule has 0 saturated carbocycles. The van der Waals surface area contributed by atoms with Crippen molar-refractivity contribution in [3.8, 4) is 0 Å². The number of hydrogen-bond acceptors (Lipinski definition) is 2. The standard InChI is InChI=1S/2K.4H2O.2O.Os/h;;4*1H2;;;/q2*+1;;;;;;;+2/p-4. The molecule has 0 heterocycles. The molecule has 0 aromatic carbocycles. The summed E-state index contributed by atoms with van der Waals surface area (Å²) >= 11 is -8.71. The van der Waals surface area contributed by atoms with Crippen LogP contribution in [0.4, 0.5) is 0 Å². The molecule has 9 heavy (non-hydrogen) atoms. The maximum atomic E-state index is 9.12. The second-order valence-electron chi connectivity index (χ2n) is 1.000. The quantitative estimate of drug-likeness (QED) is 0.316. The van der Waals surface area contributed by atoms with E-state index in [1.54, 1.807) is 0 Å². The van der Waals surface area contributed by atoms with Crippen molar-refractivity contribution < 1.29 is 139 Å². The van der Waals surface area contributed by atoms with Gasteiger partial charge in [-0.1, -0.05) is 0 Å². The van der Waals surface area contributed by atoms with Crippen LogP contribution < -0.4 is 103 Å². The fraction of sp³-hybridized carbons (Fsp3) is 0. The molecule has 0 aliphatic carbocycles. The fourth-order valence-electron chi connectivity index (χ4n) is 0. The SMILES string of the molecule is [K+].[K+].[O]=[Os-2](=[O])([OH])([OH])([OH])[OH]. The second kappa shape index (κ2) is 3.61. The molecule has 0 amide bonds. The van der Waals surface area contributed by atoms with Gasteiger partial charge in [-0.3, -0.25) is 0 Å². The van der Waals surface area contributed by atoms with Crippen molar-refractivity contribution >= 4 is 0 Å². The van der Waals surface area contributed by atoms with E-state index in [4.69, 9.17) is 22.7 Å². The van der Waals surface area contributed by atoms with Crippen LogP contribution in [0.2, 0.25) is 0 Å². The first-order chi connectivity index (χ1) is 2.45. The molecule has 0 unspecified atom stereocenters. The maximum absolute atomic E-state index is 9.12. The molecular formula is H4K2O6Os. The van der Waals surface area contributed by atoms with Crippen LogP contribution in [0.3, 0.4) is 0 Å². The van der Waals surface area contributed by atoms with Crippen LogP contribution in [0.5, 0.6) is 0 Å². The van der Waals surface area contributed by atoms with Gasteiger partial charge in [0.25, 0.3) is 0 Å². The Balaban J connectivity index is -0.000000180. The van der Waals surface area contributed by atoms with Gasteiger partial charge in [0, 0.05) is 0 Å². The van der Waals surface area contributed by atoms with Crippen LogP contribution in [-0.4, -0.2) is 15.6 Å². The normalized spacial score (nSPS) is 17.8. The second-order valence-corrected chi connectivity index (χ2v) is 8.18. The van der Waals surface area contributed by atoms with E-state index < -0.39 is 14.0 Å². The molecule has 0 radical (unpaired) electrons. The summed E-state index contributed by atoms with van der Waals surface area (Å²) in [5, 5.41) is 0. The molecule has 0 atom stereocenters. The van der Waals surface area contributed by atoms with Crippen molar-refractivity contribution in [1.29, 1.82) is 0 Å². The minimum absolute atomic E-state index is 0. The van der Waals surface area contributed by atoms with Gasteiger partial charge >= 0.3 is 139 Å². The van der Waals surface area contributed by atoms with Gasteiger partial charge in [-0.2, -0.15) is 0 Å². The third-order valence-electron chi connectivity index (χ3n) is 0. The monoisotopic (exact) mass is 370 g/mol.